The van der Waals surface area contributed by atoms with E-state index in [9.17, 15) is 5.11 Å². The molecule has 0 aromatic rings. The van der Waals surface area contributed by atoms with Crippen molar-refractivity contribution in [1.82, 2.24) is 0 Å². The normalized spacial score (nSPS) is 51.4. The fourth-order valence-electron chi connectivity index (χ4n) is 7.32. The van der Waals surface area contributed by atoms with E-state index < -0.39 is 0 Å². The summed E-state index contributed by atoms with van der Waals surface area (Å²) in [6.07, 6.45) is 14.6. The molecule has 0 radical (unpaired) electrons. The van der Waals surface area contributed by atoms with Gasteiger partial charge in [0.1, 0.15) is 0 Å². The van der Waals surface area contributed by atoms with E-state index in [2.05, 4.69) is 61.6 Å². The summed E-state index contributed by atoms with van der Waals surface area (Å²) in [4.78, 5) is 0. The fourth-order valence-corrected chi connectivity index (χ4v) is 7.93. The van der Waals surface area contributed by atoms with Crippen LogP contribution in [0.1, 0.15) is 59.3 Å². The summed E-state index contributed by atoms with van der Waals surface area (Å²) in [6, 6.07) is 0. The third-order valence-electron chi connectivity index (χ3n) is 8.63. The number of aliphatic hydroxyl groups excluding tert-OH is 1. The van der Waals surface area contributed by atoms with E-state index in [4.69, 9.17) is 0 Å². The van der Waals surface area contributed by atoms with Crippen molar-refractivity contribution in [3.63, 3.8) is 0 Å². The Hall–Kier alpha value is 0.170. The van der Waals surface area contributed by atoms with Gasteiger partial charge in [-0.25, -0.2) is 0 Å². The number of halogens is 1. The molecule has 0 amide bonds. The predicted octanol–water partition coefficient (Wildman–Crippen LogP) is 5.77. The van der Waals surface area contributed by atoms with Crippen LogP contribution in [0.15, 0.2) is 23.8 Å². The van der Waals surface area contributed by atoms with Gasteiger partial charge in [-0.05, 0) is 73.5 Å². The molecule has 24 heavy (non-hydrogen) atoms. The first-order valence-electron chi connectivity index (χ1n) is 10.0. The van der Waals surface area contributed by atoms with E-state index in [1.165, 1.54) is 42.1 Å². The van der Waals surface area contributed by atoms with Gasteiger partial charge in [0, 0.05) is 9.84 Å². The van der Waals surface area contributed by atoms with E-state index in [1.54, 1.807) is 0 Å². The highest BCUT2D eigenvalue weighted by atomic mass is 127. The minimum atomic E-state index is -0.255. The lowest BCUT2D eigenvalue weighted by Gasteiger charge is -2.57. The van der Waals surface area contributed by atoms with Crippen LogP contribution < -0.4 is 0 Å². The zero-order valence-electron chi connectivity index (χ0n) is 15.5. The Bertz CT molecular complexity index is 566. The number of hydrogen-bond acceptors (Lipinski definition) is 1. The van der Waals surface area contributed by atoms with Crippen LogP contribution in [-0.2, 0) is 0 Å². The molecule has 0 aliphatic heterocycles. The minimum Gasteiger partial charge on any atom is -0.389 e. The van der Waals surface area contributed by atoms with Gasteiger partial charge in [0.05, 0.1) is 6.10 Å². The lowest BCUT2D eigenvalue weighted by molar-refractivity contribution is -0.0325. The van der Waals surface area contributed by atoms with Gasteiger partial charge in [-0.2, -0.15) is 0 Å². The summed E-state index contributed by atoms with van der Waals surface area (Å²) in [5.41, 5.74) is 2.32. The van der Waals surface area contributed by atoms with Gasteiger partial charge in [-0.1, -0.05) is 67.2 Å². The van der Waals surface area contributed by atoms with Crippen molar-refractivity contribution in [2.24, 2.45) is 40.4 Å². The fraction of sp³-hybridized carbons (Fsp3) is 0.818. The van der Waals surface area contributed by atoms with Crippen molar-refractivity contribution in [1.29, 1.82) is 0 Å². The van der Waals surface area contributed by atoms with Gasteiger partial charge >= 0.3 is 0 Å². The summed E-state index contributed by atoms with van der Waals surface area (Å²) >= 11 is 2.60. The molecule has 8 atom stereocenters. The molecule has 4 aliphatic rings. The van der Waals surface area contributed by atoms with Crippen LogP contribution in [0.5, 0.6) is 0 Å². The number of allylic oxidation sites excluding steroid dienone is 2. The van der Waals surface area contributed by atoms with E-state index in [1.807, 2.05) is 0 Å². The van der Waals surface area contributed by atoms with Gasteiger partial charge < -0.3 is 5.11 Å². The van der Waals surface area contributed by atoms with Gasteiger partial charge in [0.2, 0.25) is 0 Å². The molecule has 134 valence electrons. The monoisotopic (exact) mass is 440 g/mol. The van der Waals surface area contributed by atoms with Gasteiger partial charge in [-0.15, -0.1) is 0 Å². The molecular weight excluding hydrogens is 407 g/mol. The van der Waals surface area contributed by atoms with E-state index in [0.29, 0.717) is 5.41 Å². The molecule has 4 rings (SSSR count). The van der Waals surface area contributed by atoms with Crippen LogP contribution in [0.2, 0.25) is 0 Å². The van der Waals surface area contributed by atoms with Crippen molar-refractivity contribution in [3.05, 3.63) is 23.8 Å². The van der Waals surface area contributed by atoms with Crippen LogP contribution in [0.25, 0.3) is 0 Å². The second-order valence-electron chi connectivity index (χ2n) is 9.62. The highest BCUT2D eigenvalue weighted by Gasteiger charge is 2.58. The second kappa shape index (κ2) is 6.11. The lowest BCUT2D eigenvalue weighted by atomic mass is 9.48. The molecule has 0 bridgehead atoms. The van der Waals surface area contributed by atoms with Crippen molar-refractivity contribution in [2.45, 2.75) is 65.4 Å². The molecule has 1 nitrogen and oxygen atoms in total. The number of hydrogen-bond donors (Lipinski definition) is 1. The molecule has 2 unspecified atom stereocenters. The first-order chi connectivity index (χ1) is 11.4. The Morgan fingerprint density at radius 2 is 2.04 bits per heavy atom. The Kier molecular flexibility index (Phi) is 4.48. The molecule has 2 fully saturated rings. The average Bonchev–Trinajstić information content (AvgIpc) is 2.92. The quantitative estimate of drug-likeness (QED) is 0.328. The molecule has 2 saturated carbocycles. The predicted molar refractivity (Wildman–Crippen MR) is 109 cm³/mol. The maximum atomic E-state index is 10.0. The Morgan fingerprint density at radius 1 is 1.25 bits per heavy atom. The largest absolute Gasteiger partial charge is 0.389 e. The number of alkyl halides is 1. The molecule has 4 aliphatic carbocycles. The van der Waals surface area contributed by atoms with Crippen LogP contribution in [0, 0.1) is 40.4 Å². The average molecular weight is 440 g/mol. The van der Waals surface area contributed by atoms with Crippen molar-refractivity contribution < 1.29 is 5.11 Å². The maximum Gasteiger partial charge on any atom is 0.0758 e. The van der Waals surface area contributed by atoms with Gasteiger partial charge in [-0.3, -0.25) is 0 Å². The summed E-state index contributed by atoms with van der Waals surface area (Å²) in [5, 5.41) is 10.0. The number of aliphatic hydroxyl groups is 1. The molecule has 0 aromatic carbocycles. The van der Waals surface area contributed by atoms with Gasteiger partial charge in [0.25, 0.3) is 0 Å². The van der Waals surface area contributed by atoms with Crippen LogP contribution >= 0.6 is 22.6 Å². The lowest BCUT2D eigenvalue weighted by Crippen LogP contribution is -2.49. The van der Waals surface area contributed by atoms with Crippen LogP contribution in [0.3, 0.4) is 0 Å². The van der Waals surface area contributed by atoms with Crippen LogP contribution in [0.4, 0.5) is 0 Å². The molecule has 0 saturated heterocycles. The topological polar surface area (TPSA) is 20.2 Å². The smallest absolute Gasteiger partial charge is 0.0758 e. The number of rotatable bonds is 2. The highest BCUT2D eigenvalue weighted by Crippen LogP contribution is 2.66. The van der Waals surface area contributed by atoms with E-state index >= 15 is 0 Å². The SMILES string of the molecule is CC(CI)[C@H]1CC[C@H]2[C@@H]3CC=C4CC(O)C=C[C@]4(C)[C@H]3CC[C@]12C. The summed E-state index contributed by atoms with van der Waals surface area (Å²) < 4.78 is 1.31. The summed E-state index contributed by atoms with van der Waals surface area (Å²) in [5.74, 6) is 4.38. The molecule has 0 spiro atoms. The third-order valence-corrected chi connectivity index (χ3v) is 10.0. The Morgan fingerprint density at radius 3 is 2.79 bits per heavy atom. The molecule has 0 aromatic heterocycles. The summed E-state index contributed by atoms with van der Waals surface area (Å²) in [7, 11) is 0. The molecular formula is C22H33IO. The zero-order valence-corrected chi connectivity index (χ0v) is 17.6. The molecule has 0 heterocycles. The maximum absolute atomic E-state index is 10.0. The van der Waals surface area contributed by atoms with Crippen molar-refractivity contribution in [2.75, 3.05) is 4.43 Å². The van der Waals surface area contributed by atoms with Crippen molar-refractivity contribution >= 4 is 22.6 Å². The Balaban J connectivity index is 1.65. The van der Waals surface area contributed by atoms with Gasteiger partial charge in [0.15, 0.2) is 0 Å². The standard InChI is InChI=1S/C22H33IO/c1-14(13-23)18-6-7-19-17-5-4-15-12-16(24)8-10-21(15,2)20(17)9-11-22(18,19)3/h4,8,10,14,16-20,24H,5-7,9,11-13H2,1-3H3/t14?,16?,17-,18+,19-,20-,21-,22+/m0/s1. The molecule has 2 heteroatoms. The first kappa shape index (κ1) is 17.6. The summed E-state index contributed by atoms with van der Waals surface area (Å²) in [6.45, 7) is 7.58. The number of fused-ring (bicyclic) bond motifs is 5. The first-order valence-corrected chi connectivity index (χ1v) is 11.6. The minimum absolute atomic E-state index is 0.219. The third kappa shape index (κ3) is 2.41. The molecule has 1 N–H and O–H groups in total. The van der Waals surface area contributed by atoms with E-state index in [0.717, 1.165) is 36.0 Å². The second-order valence-corrected chi connectivity index (χ2v) is 10.5. The highest BCUT2D eigenvalue weighted by molar-refractivity contribution is 14.1. The van der Waals surface area contributed by atoms with E-state index in [-0.39, 0.29) is 11.5 Å². The van der Waals surface area contributed by atoms with Crippen molar-refractivity contribution in [3.8, 4) is 0 Å². The van der Waals surface area contributed by atoms with Crippen LogP contribution in [-0.4, -0.2) is 15.6 Å². The Labute approximate surface area is 161 Å². The zero-order chi connectivity index (χ0) is 17.1.